The van der Waals surface area contributed by atoms with Gasteiger partial charge in [-0.15, -0.1) is 0 Å². The lowest BCUT2D eigenvalue weighted by atomic mass is 10.1. The Morgan fingerprint density at radius 1 is 1.20 bits per heavy atom. The van der Waals surface area contributed by atoms with Gasteiger partial charge in [0, 0.05) is 37.6 Å². The zero-order valence-electron chi connectivity index (χ0n) is 13.7. The van der Waals surface area contributed by atoms with Gasteiger partial charge in [0.25, 0.3) is 5.91 Å². The molecule has 0 spiro atoms. The molecule has 3 aromatic rings. The van der Waals surface area contributed by atoms with E-state index in [1.807, 2.05) is 12.4 Å². The van der Waals surface area contributed by atoms with E-state index in [9.17, 15) is 4.79 Å². The zero-order valence-corrected chi connectivity index (χ0v) is 13.7. The molecule has 1 amide bonds. The summed E-state index contributed by atoms with van der Waals surface area (Å²) in [4.78, 5) is 23.6. The van der Waals surface area contributed by atoms with E-state index in [1.165, 1.54) is 0 Å². The molecule has 0 aromatic carbocycles. The number of nitrogens with one attached hydrogen (secondary N) is 1. The van der Waals surface area contributed by atoms with Crippen LogP contribution in [0.5, 0.6) is 0 Å². The molecule has 0 saturated carbocycles. The fourth-order valence-electron chi connectivity index (χ4n) is 3.66. The number of hydrogen-bond donors (Lipinski definition) is 1. The number of imidazole rings is 1. The number of aromatic nitrogens is 5. The minimum absolute atomic E-state index is 0.0281. The second-order valence-electron chi connectivity index (χ2n) is 6.60. The smallest absolute Gasteiger partial charge is 0.256 e. The van der Waals surface area contributed by atoms with Gasteiger partial charge >= 0.3 is 0 Å². The first kappa shape index (κ1) is 14.6. The van der Waals surface area contributed by atoms with E-state index in [4.69, 9.17) is 4.74 Å². The van der Waals surface area contributed by atoms with E-state index >= 15 is 0 Å². The molecule has 8 nitrogen and oxygen atoms in total. The molecule has 25 heavy (non-hydrogen) atoms. The molecule has 0 bridgehead atoms. The third-order valence-corrected chi connectivity index (χ3v) is 5.05. The summed E-state index contributed by atoms with van der Waals surface area (Å²) in [7, 11) is 0. The van der Waals surface area contributed by atoms with Gasteiger partial charge in [0.2, 0.25) is 0 Å². The van der Waals surface area contributed by atoms with Gasteiger partial charge in [-0.25, -0.2) is 9.97 Å². The third kappa shape index (κ3) is 2.41. The topological polar surface area (TPSA) is 88.9 Å². The molecule has 1 saturated heterocycles. The maximum absolute atomic E-state index is 12.8. The second kappa shape index (κ2) is 5.66. The first-order valence-electron chi connectivity index (χ1n) is 8.50. The SMILES string of the molecule is O=C(c1cnc2c(c1)ncn2C1CCOCC1)N1Cc2cn[nH]c2C1. The lowest BCUT2D eigenvalue weighted by Crippen LogP contribution is -2.25. The van der Waals surface area contributed by atoms with Gasteiger partial charge in [-0.3, -0.25) is 9.89 Å². The number of hydrogen-bond acceptors (Lipinski definition) is 5. The van der Waals surface area contributed by atoms with Crippen LogP contribution < -0.4 is 0 Å². The van der Waals surface area contributed by atoms with Gasteiger partial charge in [0.05, 0.1) is 30.3 Å². The van der Waals surface area contributed by atoms with Crippen molar-refractivity contribution in [1.29, 1.82) is 0 Å². The van der Waals surface area contributed by atoms with E-state index in [0.29, 0.717) is 24.7 Å². The summed E-state index contributed by atoms with van der Waals surface area (Å²) in [6.07, 6.45) is 7.20. The molecule has 1 fully saturated rings. The summed E-state index contributed by atoms with van der Waals surface area (Å²) in [5.74, 6) is -0.0281. The molecule has 0 radical (unpaired) electrons. The lowest BCUT2D eigenvalue weighted by molar-refractivity contribution is 0.0704. The van der Waals surface area contributed by atoms with Crippen molar-refractivity contribution in [2.75, 3.05) is 13.2 Å². The predicted molar refractivity (Wildman–Crippen MR) is 88.8 cm³/mol. The Bertz CT molecular complexity index is 919. The van der Waals surface area contributed by atoms with Crippen molar-refractivity contribution < 1.29 is 9.53 Å². The van der Waals surface area contributed by atoms with Crippen LogP contribution in [0, 0.1) is 0 Å². The van der Waals surface area contributed by atoms with Gasteiger partial charge in [-0.05, 0) is 18.9 Å². The Labute approximate surface area is 143 Å². The highest BCUT2D eigenvalue weighted by Crippen LogP contribution is 2.26. The van der Waals surface area contributed by atoms with E-state index < -0.39 is 0 Å². The van der Waals surface area contributed by atoms with E-state index in [0.717, 1.165) is 48.5 Å². The highest BCUT2D eigenvalue weighted by molar-refractivity contribution is 5.96. The molecule has 3 aromatic heterocycles. The Morgan fingerprint density at radius 2 is 2.08 bits per heavy atom. The fraction of sp³-hybridized carbons (Fsp3) is 0.412. The van der Waals surface area contributed by atoms with E-state index in [1.54, 1.807) is 17.3 Å². The average Bonchev–Trinajstić information content (AvgIpc) is 3.35. The monoisotopic (exact) mass is 338 g/mol. The highest BCUT2D eigenvalue weighted by atomic mass is 16.5. The number of pyridine rings is 1. The van der Waals surface area contributed by atoms with Gasteiger partial charge in [-0.2, -0.15) is 5.10 Å². The Hall–Kier alpha value is -2.74. The van der Waals surface area contributed by atoms with Crippen LogP contribution in [0.15, 0.2) is 24.8 Å². The second-order valence-corrected chi connectivity index (χ2v) is 6.60. The Kier molecular flexibility index (Phi) is 3.30. The molecule has 0 unspecified atom stereocenters. The van der Waals surface area contributed by atoms with Gasteiger partial charge in [0.1, 0.15) is 5.52 Å². The molecule has 5 rings (SSSR count). The Morgan fingerprint density at radius 3 is 2.92 bits per heavy atom. The molecule has 0 aliphatic carbocycles. The van der Waals surface area contributed by atoms with Crippen molar-refractivity contribution in [3.05, 3.63) is 41.6 Å². The standard InChI is InChI=1S/C17H18N6O2/c24-17(22-8-12-7-20-21-15(12)9-22)11-5-14-16(18-6-11)23(10-19-14)13-1-3-25-4-2-13/h5-7,10,13H,1-4,8-9H2,(H,20,21). The first-order valence-corrected chi connectivity index (χ1v) is 8.50. The molecule has 8 heteroatoms. The highest BCUT2D eigenvalue weighted by Gasteiger charge is 2.26. The van der Waals surface area contributed by atoms with Crippen LogP contribution in [0.25, 0.3) is 11.2 Å². The van der Waals surface area contributed by atoms with Crippen LogP contribution in [0.2, 0.25) is 0 Å². The summed E-state index contributed by atoms with van der Waals surface area (Å²) in [6, 6.07) is 2.20. The summed E-state index contributed by atoms with van der Waals surface area (Å²) in [6.45, 7) is 2.68. The molecular weight excluding hydrogens is 320 g/mol. The minimum atomic E-state index is -0.0281. The number of rotatable bonds is 2. The normalized spacial score (nSPS) is 18.0. The number of aromatic amines is 1. The van der Waals surface area contributed by atoms with E-state index in [-0.39, 0.29) is 5.91 Å². The molecule has 2 aliphatic rings. The summed E-state index contributed by atoms with van der Waals surface area (Å²) < 4.78 is 7.54. The summed E-state index contributed by atoms with van der Waals surface area (Å²) >= 11 is 0. The molecular formula is C17H18N6O2. The maximum atomic E-state index is 12.8. The number of carbonyl (C=O) groups is 1. The molecule has 5 heterocycles. The number of amides is 1. The lowest BCUT2D eigenvalue weighted by Gasteiger charge is -2.23. The van der Waals surface area contributed by atoms with Crippen LogP contribution >= 0.6 is 0 Å². The van der Waals surface area contributed by atoms with Crippen molar-refractivity contribution in [1.82, 2.24) is 29.6 Å². The first-order chi connectivity index (χ1) is 12.3. The Balaban J connectivity index is 1.41. The third-order valence-electron chi connectivity index (χ3n) is 5.05. The number of fused-ring (bicyclic) bond motifs is 2. The van der Waals surface area contributed by atoms with Crippen LogP contribution in [-0.2, 0) is 17.8 Å². The maximum Gasteiger partial charge on any atom is 0.256 e. The van der Waals surface area contributed by atoms with Gasteiger partial charge in [0.15, 0.2) is 5.65 Å². The van der Waals surface area contributed by atoms with Crippen LogP contribution in [0.3, 0.4) is 0 Å². The van der Waals surface area contributed by atoms with Gasteiger partial charge < -0.3 is 14.2 Å². The van der Waals surface area contributed by atoms with Crippen molar-refractivity contribution in [2.45, 2.75) is 32.0 Å². The van der Waals surface area contributed by atoms with Crippen LogP contribution in [-0.4, -0.2) is 48.8 Å². The average molecular weight is 338 g/mol. The summed E-state index contributed by atoms with van der Waals surface area (Å²) in [5.41, 5.74) is 4.25. The minimum Gasteiger partial charge on any atom is -0.381 e. The molecule has 0 atom stereocenters. The van der Waals surface area contributed by atoms with Crippen LogP contribution in [0.1, 0.15) is 40.5 Å². The molecule has 128 valence electrons. The van der Waals surface area contributed by atoms with Crippen LogP contribution in [0.4, 0.5) is 0 Å². The van der Waals surface area contributed by atoms with Crippen molar-refractivity contribution in [3.63, 3.8) is 0 Å². The molecule has 2 aliphatic heterocycles. The quantitative estimate of drug-likeness (QED) is 0.768. The molecule has 1 N–H and O–H groups in total. The van der Waals surface area contributed by atoms with Crippen molar-refractivity contribution in [3.8, 4) is 0 Å². The van der Waals surface area contributed by atoms with Crippen molar-refractivity contribution in [2.24, 2.45) is 0 Å². The predicted octanol–water partition coefficient (Wildman–Crippen LogP) is 1.66. The number of carbonyl (C=O) groups excluding carboxylic acids is 1. The zero-order chi connectivity index (χ0) is 16.8. The van der Waals surface area contributed by atoms with Gasteiger partial charge in [-0.1, -0.05) is 0 Å². The van der Waals surface area contributed by atoms with Crippen molar-refractivity contribution >= 4 is 17.1 Å². The summed E-state index contributed by atoms with van der Waals surface area (Å²) in [5, 5.41) is 6.94. The number of H-pyrrole nitrogens is 1. The largest absolute Gasteiger partial charge is 0.381 e. The number of ether oxygens (including phenoxy) is 1. The van der Waals surface area contributed by atoms with E-state index in [2.05, 4.69) is 24.7 Å². The number of nitrogens with zero attached hydrogens (tertiary/aromatic N) is 5. The fourth-order valence-corrected chi connectivity index (χ4v) is 3.66.